The third-order valence-electron chi connectivity index (χ3n) is 11.7. The summed E-state index contributed by atoms with van der Waals surface area (Å²) in [6.45, 7) is 4.09. The first kappa shape index (κ1) is 56.3. The molecular weight excluding hydrogens is 730 g/mol. The Balaban J connectivity index is 3.69. The Morgan fingerprint density at radius 2 is 0.772 bits per heavy atom. The maximum atomic E-state index is 12.6. The number of aliphatic hydroxyl groups excluding tert-OH is 1. The summed E-state index contributed by atoms with van der Waals surface area (Å²) >= 11 is 0. The first-order chi connectivity index (χ1) is 27.8. The number of hydrogen-bond acceptors (Lipinski definition) is 4. The molecule has 4 N–H and O–H groups in total. The molecule has 0 rings (SSSR count). The number of phosphoric acid groups is 1. The number of hydrogen-bond donors (Lipinski definition) is 4. The normalized spacial score (nSPS) is 13.1. The fourth-order valence-electron chi connectivity index (χ4n) is 7.93. The fourth-order valence-corrected chi connectivity index (χ4v) is 8.29. The van der Waals surface area contributed by atoms with Crippen LogP contribution in [0.4, 0.5) is 0 Å². The molecule has 7 nitrogen and oxygen atoms in total. The lowest BCUT2D eigenvalue weighted by Crippen LogP contribution is -2.45. The highest BCUT2D eigenvalue weighted by molar-refractivity contribution is 7.46. The summed E-state index contributed by atoms with van der Waals surface area (Å²) in [4.78, 5) is 30.9. The quantitative estimate of drug-likeness (QED) is 0.0276. The minimum atomic E-state index is -4.71. The van der Waals surface area contributed by atoms with Gasteiger partial charge in [0, 0.05) is 6.42 Å². The molecule has 0 spiro atoms. The zero-order valence-electron chi connectivity index (χ0n) is 38.0. The number of carbonyl (C=O) groups is 1. The zero-order chi connectivity index (χ0) is 41.8. The van der Waals surface area contributed by atoms with Crippen molar-refractivity contribution >= 4 is 13.7 Å². The molecule has 1 amide bonds. The van der Waals surface area contributed by atoms with Gasteiger partial charge in [-0.25, -0.2) is 4.57 Å². The fraction of sp³-hybridized carbons (Fsp3) is 0.939. The van der Waals surface area contributed by atoms with Crippen LogP contribution in [0.5, 0.6) is 0 Å². The summed E-state index contributed by atoms with van der Waals surface area (Å²) in [6, 6.07) is -0.905. The van der Waals surface area contributed by atoms with E-state index in [0.717, 1.165) is 38.5 Å². The van der Waals surface area contributed by atoms with E-state index in [9.17, 15) is 14.5 Å². The van der Waals surface area contributed by atoms with E-state index in [4.69, 9.17) is 9.79 Å². The van der Waals surface area contributed by atoms with Crippen molar-refractivity contribution in [3.05, 3.63) is 12.2 Å². The van der Waals surface area contributed by atoms with Crippen LogP contribution < -0.4 is 5.32 Å². The summed E-state index contributed by atoms with van der Waals surface area (Å²) in [5.41, 5.74) is 0. The number of aliphatic hydroxyl groups is 1. The van der Waals surface area contributed by atoms with Crippen molar-refractivity contribution in [2.75, 3.05) is 6.61 Å². The molecular formula is C49H98NO6P. The molecule has 0 bridgehead atoms. The first-order valence-corrected chi connectivity index (χ1v) is 26.7. The summed E-state index contributed by atoms with van der Waals surface area (Å²) in [5.74, 6) is -0.221. The Morgan fingerprint density at radius 1 is 0.491 bits per heavy atom. The highest BCUT2D eigenvalue weighted by atomic mass is 31.2. The van der Waals surface area contributed by atoms with Gasteiger partial charge in [-0.15, -0.1) is 0 Å². The summed E-state index contributed by atoms with van der Waals surface area (Å²) in [7, 11) is -4.71. The molecule has 0 aliphatic rings. The summed E-state index contributed by atoms with van der Waals surface area (Å²) in [5, 5.41) is 13.4. The van der Waals surface area contributed by atoms with E-state index >= 15 is 0 Å². The molecule has 57 heavy (non-hydrogen) atoms. The van der Waals surface area contributed by atoms with E-state index in [-0.39, 0.29) is 5.91 Å². The number of unbranched alkanes of at least 4 members (excludes halogenated alkanes) is 38. The van der Waals surface area contributed by atoms with Crippen LogP contribution in [0, 0.1) is 0 Å². The number of amides is 1. The Kier molecular flexibility index (Phi) is 44.3. The van der Waals surface area contributed by atoms with Crippen LogP contribution in [-0.2, 0) is 13.9 Å². The molecule has 0 aliphatic heterocycles. The second-order valence-corrected chi connectivity index (χ2v) is 18.7. The maximum absolute atomic E-state index is 12.6. The summed E-state index contributed by atoms with van der Waals surface area (Å²) < 4.78 is 15.9. The van der Waals surface area contributed by atoms with Crippen LogP contribution >= 0.6 is 7.82 Å². The zero-order valence-corrected chi connectivity index (χ0v) is 38.9. The second-order valence-electron chi connectivity index (χ2n) is 17.5. The van der Waals surface area contributed by atoms with Crippen molar-refractivity contribution in [2.45, 2.75) is 289 Å². The third-order valence-corrected chi connectivity index (χ3v) is 12.2. The van der Waals surface area contributed by atoms with Gasteiger partial charge in [0.1, 0.15) is 0 Å². The lowest BCUT2D eigenvalue weighted by molar-refractivity contribution is -0.123. The van der Waals surface area contributed by atoms with Crippen molar-refractivity contribution in [2.24, 2.45) is 0 Å². The number of phosphoric ester groups is 1. The van der Waals surface area contributed by atoms with E-state index in [2.05, 4.69) is 23.7 Å². The van der Waals surface area contributed by atoms with Crippen LogP contribution in [0.15, 0.2) is 12.2 Å². The van der Waals surface area contributed by atoms with Crippen LogP contribution in [0.1, 0.15) is 277 Å². The molecule has 0 saturated heterocycles. The Hall–Kier alpha value is -0.720. The molecule has 0 radical (unpaired) electrons. The number of allylic oxidation sites excluding steroid dienone is 1. The molecule has 0 aromatic carbocycles. The van der Waals surface area contributed by atoms with Crippen molar-refractivity contribution in [3.63, 3.8) is 0 Å². The van der Waals surface area contributed by atoms with Crippen LogP contribution in [-0.4, -0.2) is 39.6 Å². The average molecular weight is 828 g/mol. The van der Waals surface area contributed by atoms with Gasteiger partial charge in [-0.05, 0) is 19.3 Å². The molecule has 0 unspecified atom stereocenters. The van der Waals surface area contributed by atoms with Crippen LogP contribution in [0.25, 0.3) is 0 Å². The smallest absolute Gasteiger partial charge is 0.387 e. The van der Waals surface area contributed by atoms with Crippen molar-refractivity contribution < 1.29 is 28.8 Å². The molecule has 0 aromatic rings. The molecule has 0 aliphatic carbocycles. The number of nitrogens with one attached hydrogen (secondary N) is 1. The van der Waals surface area contributed by atoms with Gasteiger partial charge in [0.05, 0.1) is 18.8 Å². The third kappa shape index (κ3) is 46.2. The van der Waals surface area contributed by atoms with Gasteiger partial charge >= 0.3 is 7.82 Å². The van der Waals surface area contributed by atoms with Gasteiger partial charge in [0.15, 0.2) is 0 Å². The Bertz CT molecular complexity index is 895. The molecule has 0 fully saturated rings. The molecule has 8 heteroatoms. The second kappa shape index (κ2) is 44.8. The minimum Gasteiger partial charge on any atom is -0.387 e. The van der Waals surface area contributed by atoms with Gasteiger partial charge in [-0.1, -0.05) is 264 Å². The predicted molar refractivity (Wildman–Crippen MR) is 246 cm³/mol. The Morgan fingerprint density at radius 3 is 1.07 bits per heavy atom. The van der Waals surface area contributed by atoms with Crippen LogP contribution in [0.3, 0.4) is 0 Å². The monoisotopic (exact) mass is 828 g/mol. The standard InChI is InChI=1S/C49H98NO6P/c1-3-5-7-9-11-13-15-17-18-19-20-21-22-23-24-25-26-27-28-29-30-31-32-33-35-37-39-41-43-45-49(52)50-47(46-56-57(53,54)55)48(51)44-42-40-38-36-34-16-14-12-10-8-6-4-2/h42,44,47-48,51H,3-41,43,45-46H2,1-2H3,(H,50,52)(H2,53,54,55)/b44-42+/t47-,48+/m0/s1. The average Bonchev–Trinajstić information content (AvgIpc) is 3.18. The Labute approximate surface area is 354 Å². The highest BCUT2D eigenvalue weighted by Crippen LogP contribution is 2.36. The highest BCUT2D eigenvalue weighted by Gasteiger charge is 2.24. The topological polar surface area (TPSA) is 116 Å². The molecule has 0 saturated carbocycles. The summed E-state index contributed by atoms with van der Waals surface area (Å²) in [6.07, 6.45) is 55.6. The van der Waals surface area contributed by atoms with Crippen molar-refractivity contribution in [1.82, 2.24) is 5.32 Å². The van der Waals surface area contributed by atoms with Gasteiger partial charge in [0.25, 0.3) is 0 Å². The minimum absolute atomic E-state index is 0.221. The van der Waals surface area contributed by atoms with Gasteiger partial charge < -0.3 is 20.2 Å². The van der Waals surface area contributed by atoms with Crippen molar-refractivity contribution in [3.8, 4) is 0 Å². The van der Waals surface area contributed by atoms with Gasteiger partial charge in [-0.2, -0.15) is 0 Å². The van der Waals surface area contributed by atoms with Gasteiger partial charge in [-0.3, -0.25) is 9.32 Å². The van der Waals surface area contributed by atoms with E-state index in [0.29, 0.717) is 6.42 Å². The van der Waals surface area contributed by atoms with Gasteiger partial charge in [0.2, 0.25) is 5.91 Å². The molecule has 0 aromatic heterocycles. The van der Waals surface area contributed by atoms with E-state index in [1.807, 2.05) is 6.08 Å². The van der Waals surface area contributed by atoms with Crippen molar-refractivity contribution in [1.29, 1.82) is 0 Å². The largest absolute Gasteiger partial charge is 0.469 e. The van der Waals surface area contributed by atoms with E-state index in [1.165, 1.54) is 218 Å². The molecule has 0 heterocycles. The van der Waals surface area contributed by atoms with E-state index in [1.54, 1.807) is 6.08 Å². The number of rotatable bonds is 47. The lowest BCUT2D eigenvalue weighted by Gasteiger charge is -2.22. The molecule has 340 valence electrons. The van der Waals surface area contributed by atoms with E-state index < -0.39 is 26.6 Å². The maximum Gasteiger partial charge on any atom is 0.469 e. The van der Waals surface area contributed by atoms with Crippen LogP contribution in [0.2, 0.25) is 0 Å². The molecule has 2 atom stereocenters. The predicted octanol–water partition coefficient (Wildman–Crippen LogP) is 15.5. The number of carbonyl (C=O) groups excluding carboxylic acids is 1. The lowest BCUT2D eigenvalue weighted by atomic mass is 10.0. The first-order valence-electron chi connectivity index (χ1n) is 25.1. The SMILES string of the molecule is CCCCCCCCCCCC/C=C/[C@@H](O)[C@H](COP(=O)(O)O)NC(=O)CCCCCCCCCCCCCCCCCCCCCCCCCCCCCCC.